The van der Waals surface area contributed by atoms with Crippen LogP contribution in [0.4, 0.5) is 10.8 Å². The molecule has 0 amide bonds. The molecule has 1 aromatic carbocycles. The summed E-state index contributed by atoms with van der Waals surface area (Å²) in [6.45, 7) is 3.13. The van der Waals surface area contributed by atoms with Crippen molar-refractivity contribution in [3.8, 4) is 0 Å². The number of aromatic nitrogens is 2. The summed E-state index contributed by atoms with van der Waals surface area (Å²) in [5.41, 5.74) is 0.260. The van der Waals surface area contributed by atoms with Gasteiger partial charge < -0.3 is 14.7 Å². The highest BCUT2D eigenvalue weighted by atomic mass is 32.2. The lowest BCUT2D eigenvalue weighted by Crippen LogP contribution is -2.33. The van der Waals surface area contributed by atoms with E-state index in [1.807, 2.05) is 6.92 Å². The summed E-state index contributed by atoms with van der Waals surface area (Å²) in [4.78, 5) is 16.4. The van der Waals surface area contributed by atoms with E-state index in [0.29, 0.717) is 12.2 Å². The van der Waals surface area contributed by atoms with Gasteiger partial charge in [0, 0.05) is 24.9 Å². The summed E-state index contributed by atoms with van der Waals surface area (Å²) < 4.78 is 34.8. The minimum Gasteiger partial charge on any atom is -0.492 e. The summed E-state index contributed by atoms with van der Waals surface area (Å²) in [7, 11) is -4.10. The van der Waals surface area contributed by atoms with Crippen LogP contribution in [0.2, 0.25) is 0 Å². The van der Waals surface area contributed by atoms with Crippen molar-refractivity contribution in [2.45, 2.75) is 25.2 Å². The Morgan fingerprint density at radius 1 is 1.32 bits per heavy atom. The number of sulfone groups is 1. The molecule has 0 fully saturated rings. The first kappa shape index (κ1) is 19.9. The zero-order valence-corrected chi connectivity index (χ0v) is 16.7. The number of benzene rings is 1. The predicted octanol–water partition coefficient (Wildman–Crippen LogP) is 2.73. The van der Waals surface area contributed by atoms with Gasteiger partial charge in [-0.1, -0.05) is 19.1 Å². The van der Waals surface area contributed by atoms with E-state index in [2.05, 4.69) is 19.6 Å². The number of ether oxygens (including phenoxy) is 1. The van der Waals surface area contributed by atoms with E-state index in [-0.39, 0.29) is 28.9 Å². The van der Waals surface area contributed by atoms with Crippen molar-refractivity contribution in [2.75, 3.05) is 18.1 Å². The number of esters is 1. The summed E-state index contributed by atoms with van der Waals surface area (Å²) in [6, 6.07) is 6.16. The van der Waals surface area contributed by atoms with Crippen molar-refractivity contribution in [3.05, 3.63) is 41.0 Å². The van der Waals surface area contributed by atoms with Crippen molar-refractivity contribution < 1.29 is 23.1 Å². The van der Waals surface area contributed by atoms with Crippen LogP contribution in [0.1, 0.15) is 19.7 Å². The third kappa shape index (κ3) is 3.87. The molecule has 12 heteroatoms. The predicted molar refractivity (Wildman–Crippen MR) is 101 cm³/mol. The van der Waals surface area contributed by atoms with Gasteiger partial charge in [-0.3, -0.25) is 4.79 Å². The van der Waals surface area contributed by atoms with Gasteiger partial charge in [0.1, 0.15) is 12.4 Å². The van der Waals surface area contributed by atoms with Crippen molar-refractivity contribution in [1.29, 1.82) is 0 Å². The number of fused-ring (bicyclic) bond motifs is 1. The van der Waals surface area contributed by atoms with Gasteiger partial charge in [-0.15, -0.1) is 10.2 Å². The van der Waals surface area contributed by atoms with Crippen LogP contribution in [0.25, 0.3) is 0 Å². The number of azo groups is 1. The number of hydrogen-bond acceptors (Lipinski definition) is 11. The summed E-state index contributed by atoms with van der Waals surface area (Å²) in [5, 5.41) is 17.7. The zero-order valence-electron chi connectivity index (χ0n) is 15.1. The van der Waals surface area contributed by atoms with Crippen LogP contribution >= 0.6 is 11.5 Å². The van der Waals surface area contributed by atoms with Gasteiger partial charge in [-0.05, 0) is 12.1 Å². The largest absolute Gasteiger partial charge is 0.492 e. The number of anilines is 1. The van der Waals surface area contributed by atoms with Crippen molar-refractivity contribution in [3.63, 3.8) is 0 Å². The number of aliphatic hydroxyl groups excluding tert-OH is 1. The molecule has 0 spiro atoms. The molecule has 148 valence electrons. The first-order valence-electron chi connectivity index (χ1n) is 8.27. The second kappa shape index (κ2) is 8.02. The van der Waals surface area contributed by atoms with Gasteiger partial charge in [0.25, 0.3) is 0 Å². The number of carbonyl (C=O) groups is 1. The minimum absolute atomic E-state index is 0.0314. The lowest BCUT2D eigenvalue weighted by molar-refractivity contribution is -0.140. The topological polar surface area (TPSA) is 134 Å². The van der Waals surface area contributed by atoms with E-state index >= 15 is 0 Å². The fourth-order valence-corrected chi connectivity index (χ4v) is 4.48. The molecule has 0 bridgehead atoms. The maximum atomic E-state index is 12.9. The van der Waals surface area contributed by atoms with E-state index in [4.69, 9.17) is 4.74 Å². The average molecular weight is 423 g/mol. The lowest BCUT2D eigenvalue weighted by atomic mass is 10.3. The van der Waals surface area contributed by atoms with Gasteiger partial charge in [-0.25, -0.2) is 13.4 Å². The van der Waals surface area contributed by atoms with Crippen LogP contribution in [0.5, 0.6) is 0 Å². The molecule has 0 saturated heterocycles. The Labute approximate surface area is 165 Å². The maximum absolute atomic E-state index is 12.9. The SMILES string of the molecule is CCc1nsc(N=NC2=C(O)N(CCOC(C)=O)c3ccccc3S2(=O)=O)n1. The Morgan fingerprint density at radius 2 is 2.07 bits per heavy atom. The zero-order chi connectivity index (χ0) is 20.3. The molecule has 10 nitrogen and oxygen atoms in total. The standard InChI is InChI=1S/C16H17N5O5S2/c1-3-13-17-16(27-20-13)19-18-14-15(23)21(8-9-26-10(2)22)11-6-4-5-7-12(11)28(14,24)25/h4-7,23H,3,8-9H2,1-2H3. The van der Waals surface area contributed by atoms with Crippen LogP contribution in [0, 0.1) is 0 Å². The second-order valence-electron chi connectivity index (χ2n) is 5.64. The molecule has 28 heavy (non-hydrogen) atoms. The molecule has 0 aliphatic carbocycles. The molecule has 1 aliphatic rings. The smallest absolute Gasteiger partial charge is 0.302 e. The molecular formula is C16H17N5O5S2. The number of para-hydroxylation sites is 1. The summed E-state index contributed by atoms with van der Waals surface area (Å²) in [5.74, 6) is -0.517. The normalized spacial score (nSPS) is 15.7. The van der Waals surface area contributed by atoms with Crippen LogP contribution in [-0.4, -0.2) is 42.0 Å². The Kier molecular flexibility index (Phi) is 5.70. The van der Waals surface area contributed by atoms with E-state index in [0.717, 1.165) is 11.5 Å². The molecule has 1 aromatic heterocycles. The number of rotatable bonds is 6. The van der Waals surface area contributed by atoms with E-state index in [9.17, 15) is 18.3 Å². The maximum Gasteiger partial charge on any atom is 0.302 e. The molecular weight excluding hydrogens is 406 g/mol. The van der Waals surface area contributed by atoms with E-state index < -0.39 is 26.7 Å². The molecule has 1 N–H and O–H groups in total. The van der Waals surface area contributed by atoms with Crippen LogP contribution in [-0.2, 0) is 25.8 Å². The highest BCUT2D eigenvalue weighted by Crippen LogP contribution is 2.38. The third-order valence-electron chi connectivity index (χ3n) is 3.77. The summed E-state index contributed by atoms with van der Waals surface area (Å²) >= 11 is 0.976. The number of aryl methyl sites for hydroxylation is 1. The molecule has 2 heterocycles. The molecule has 3 rings (SSSR count). The van der Waals surface area contributed by atoms with E-state index in [1.54, 1.807) is 18.2 Å². The summed E-state index contributed by atoms with van der Waals surface area (Å²) in [6.07, 6.45) is 0.607. The Bertz CT molecular complexity index is 1060. The Morgan fingerprint density at radius 3 is 2.75 bits per heavy atom. The van der Waals surface area contributed by atoms with E-state index in [1.165, 1.54) is 17.9 Å². The average Bonchev–Trinajstić information content (AvgIpc) is 3.12. The van der Waals surface area contributed by atoms with Gasteiger partial charge in [0.2, 0.25) is 25.9 Å². The second-order valence-corrected chi connectivity index (χ2v) is 8.20. The van der Waals surface area contributed by atoms with Gasteiger partial charge in [0.15, 0.2) is 0 Å². The first-order chi connectivity index (χ1) is 13.3. The fourth-order valence-electron chi connectivity index (χ4n) is 2.48. The molecule has 0 atom stereocenters. The fraction of sp³-hybridized carbons (Fsp3) is 0.312. The molecule has 0 saturated carbocycles. The van der Waals surface area contributed by atoms with Gasteiger partial charge in [-0.2, -0.15) is 4.37 Å². The highest BCUT2D eigenvalue weighted by molar-refractivity contribution is 7.95. The van der Waals surface area contributed by atoms with Crippen molar-refractivity contribution in [2.24, 2.45) is 10.2 Å². The molecule has 0 radical (unpaired) electrons. The quantitative estimate of drug-likeness (QED) is 0.553. The Balaban J connectivity index is 2.01. The lowest BCUT2D eigenvalue weighted by Gasteiger charge is -2.29. The van der Waals surface area contributed by atoms with Crippen LogP contribution in [0.15, 0.2) is 50.3 Å². The monoisotopic (exact) mass is 423 g/mol. The number of hydrogen-bond donors (Lipinski definition) is 1. The molecule has 0 unspecified atom stereocenters. The van der Waals surface area contributed by atoms with Crippen LogP contribution in [0.3, 0.4) is 0 Å². The molecule has 2 aromatic rings. The highest BCUT2D eigenvalue weighted by Gasteiger charge is 2.37. The number of carbonyl (C=O) groups excluding carboxylic acids is 1. The van der Waals surface area contributed by atoms with Crippen molar-refractivity contribution >= 4 is 38.2 Å². The van der Waals surface area contributed by atoms with Crippen molar-refractivity contribution in [1.82, 2.24) is 9.36 Å². The van der Waals surface area contributed by atoms with Gasteiger partial charge in [0.05, 0.1) is 17.1 Å². The van der Waals surface area contributed by atoms with Crippen LogP contribution < -0.4 is 4.90 Å². The number of nitrogens with zero attached hydrogens (tertiary/aromatic N) is 5. The van der Waals surface area contributed by atoms with Gasteiger partial charge >= 0.3 is 5.97 Å². The molecule has 1 aliphatic heterocycles. The number of aliphatic hydroxyl groups is 1. The Hall–Kier alpha value is -2.86. The minimum atomic E-state index is -4.10. The third-order valence-corrected chi connectivity index (χ3v) is 6.10. The first-order valence-corrected chi connectivity index (χ1v) is 10.5.